The van der Waals surface area contributed by atoms with Crippen LogP contribution in [0.1, 0.15) is 17.5 Å². The zero-order chi connectivity index (χ0) is 22.0. The van der Waals surface area contributed by atoms with Crippen LogP contribution in [0.3, 0.4) is 0 Å². The Hall–Kier alpha value is -3.73. The van der Waals surface area contributed by atoms with Crippen LogP contribution in [0.5, 0.6) is 5.75 Å². The number of amides is 1. The Morgan fingerprint density at radius 1 is 1.03 bits per heavy atom. The molecule has 1 aliphatic rings. The van der Waals surface area contributed by atoms with Gasteiger partial charge in [0, 0.05) is 23.9 Å². The fourth-order valence-electron chi connectivity index (χ4n) is 3.85. The molecule has 0 bridgehead atoms. The number of hydrogen-bond acceptors (Lipinski definition) is 4. The number of anilines is 1. The summed E-state index contributed by atoms with van der Waals surface area (Å²) >= 11 is 0. The highest BCUT2D eigenvalue weighted by atomic mass is 19.4. The summed E-state index contributed by atoms with van der Waals surface area (Å²) in [5, 5.41) is 14.5. The van der Waals surface area contributed by atoms with Gasteiger partial charge in [0.1, 0.15) is 5.75 Å². The minimum absolute atomic E-state index is 0.0558. The van der Waals surface area contributed by atoms with E-state index in [0.29, 0.717) is 24.2 Å². The largest absolute Gasteiger partial charge is 0.573 e. The lowest BCUT2D eigenvalue weighted by Gasteiger charge is -2.31. The zero-order valence-corrected chi connectivity index (χ0v) is 16.4. The highest BCUT2D eigenvalue weighted by Gasteiger charge is 2.32. The summed E-state index contributed by atoms with van der Waals surface area (Å²) < 4.78 is 41.4. The van der Waals surface area contributed by atoms with Crippen molar-refractivity contribution in [1.82, 2.24) is 5.01 Å². The first-order valence-electron chi connectivity index (χ1n) is 9.70. The molecule has 3 aromatic carbocycles. The molecule has 0 spiro atoms. The minimum Gasteiger partial charge on any atom is -0.406 e. The molecule has 0 unspecified atom stereocenters. The maximum absolute atomic E-state index is 13.0. The molecule has 5 nitrogen and oxygen atoms in total. The number of alkyl halides is 3. The topological polar surface area (TPSA) is 56.6 Å². The van der Waals surface area contributed by atoms with Gasteiger partial charge in [-0.25, -0.2) is 0 Å². The third kappa shape index (κ3) is 4.40. The summed E-state index contributed by atoms with van der Waals surface area (Å²) in [6, 6.07) is 18.7. The van der Waals surface area contributed by atoms with Gasteiger partial charge in [0.25, 0.3) is 0 Å². The summed E-state index contributed by atoms with van der Waals surface area (Å²) in [6.07, 6.45) is -4.08. The van der Waals surface area contributed by atoms with Crippen molar-refractivity contribution in [3.63, 3.8) is 0 Å². The van der Waals surface area contributed by atoms with Crippen LogP contribution in [0.25, 0.3) is 10.8 Å². The number of nitrogens with zero attached hydrogens (tertiary/aromatic N) is 3. The number of halogens is 3. The van der Waals surface area contributed by atoms with Crippen molar-refractivity contribution < 1.29 is 22.7 Å². The molecule has 0 N–H and O–H groups in total. The number of carbonyl (C=O) groups excluding carboxylic acids is 1. The first-order valence-corrected chi connectivity index (χ1v) is 9.70. The number of nitriles is 1. The predicted octanol–water partition coefficient (Wildman–Crippen LogP) is 4.81. The van der Waals surface area contributed by atoms with Gasteiger partial charge in [0.15, 0.2) is 0 Å². The average molecular weight is 425 g/mol. The molecule has 1 amide bonds. The maximum atomic E-state index is 13.0. The van der Waals surface area contributed by atoms with E-state index >= 15 is 0 Å². The molecule has 0 aromatic heterocycles. The molecule has 0 atom stereocenters. The average Bonchev–Trinajstić information content (AvgIpc) is 3.22. The van der Waals surface area contributed by atoms with Gasteiger partial charge in [-0.05, 0) is 36.2 Å². The van der Waals surface area contributed by atoms with Crippen LogP contribution in [-0.4, -0.2) is 30.4 Å². The lowest BCUT2D eigenvalue weighted by Crippen LogP contribution is -2.42. The third-order valence-corrected chi connectivity index (χ3v) is 5.11. The van der Waals surface area contributed by atoms with Crippen LogP contribution < -0.4 is 9.75 Å². The van der Waals surface area contributed by atoms with Gasteiger partial charge in [0.2, 0.25) is 5.91 Å². The Bertz CT molecular complexity index is 1170. The third-order valence-electron chi connectivity index (χ3n) is 5.11. The van der Waals surface area contributed by atoms with E-state index in [4.69, 9.17) is 0 Å². The number of hydrazine groups is 1. The van der Waals surface area contributed by atoms with E-state index in [1.54, 1.807) is 17.1 Å². The number of carbonyl (C=O) groups is 1. The molecular weight excluding hydrogens is 407 g/mol. The highest BCUT2D eigenvalue weighted by Crippen LogP contribution is 2.32. The van der Waals surface area contributed by atoms with Crippen molar-refractivity contribution >= 4 is 22.4 Å². The number of benzene rings is 3. The van der Waals surface area contributed by atoms with Crippen LogP contribution in [-0.2, 0) is 11.2 Å². The van der Waals surface area contributed by atoms with Gasteiger partial charge in [-0.3, -0.25) is 14.8 Å². The van der Waals surface area contributed by atoms with Gasteiger partial charge < -0.3 is 4.74 Å². The van der Waals surface area contributed by atoms with Crippen LogP contribution in [0.2, 0.25) is 0 Å². The lowest BCUT2D eigenvalue weighted by atomic mass is 10.0. The first-order chi connectivity index (χ1) is 14.9. The molecule has 1 heterocycles. The second-order valence-corrected chi connectivity index (χ2v) is 7.16. The predicted molar refractivity (Wildman–Crippen MR) is 109 cm³/mol. The number of ether oxygens (including phenoxy) is 1. The number of hydrogen-bond donors (Lipinski definition) is 0. The SMILES string of the molecule is N#Cc1ccc(N2CCCN2C(=O)Cc2cccc(OC(F)(F)F)c2)c2ccccc12. The number of rotatable bonds is 4. The molecule has 1 aliphatic heterocycles. The normalized spacial score (nSPS) is 14.0. The van der Waals surface area contributed by atoms with Crippen molar-refractivity contribution in [3.8, 4) is 11.8 Å². The van der Waals surface area contributed by atoms with Gasteiger partial charge in [-0.1, -0.05) is 36.4 Å². The summed E-state index contributed by atoms with van der Waals surface area (Å²) in [7, 11) is 0. The van der Waals surface area contributed by atoms with Crippen molar-refractivity contribution in [2.24, 2.45) is 0 Å². The molecule has 0 aliphatic carbocycles. The summed E-state index contributed by atoms with van der Waals surface area (Å²) in [5.41, 5.74) is 1.80. The zero-order valence-electron chi connectivity index (χ0n) is 16.4. The summed E-state index contributed by atoms with van der Waals surface area (Å²) in [5.74, 6) is -0.579. The standard InChI is InChI=1S/C23H18F3N3O2/c24-23(25,26)31-18-6-3-5-16(13-18)14-22(30)29-12-4-11-28(29)21-10-9-17(15-27)19-7-1-2-8-20(19)21/h1-3,5-10,13H,4,11-12,14H2. The smallest absolute Gasteiger partial charge is 0.406 e. The summed E-state index contributed by atoms with van der Waals surface area (Å²) in [4.78, 5) is 13.0. The molecule has 8 heteroatoms. The van der Waals surface area contributed by atoms with E-state index in [2.05, 4.69) is 10.8 Å². The Morgan fingerprint density at radius 3 is 2.55 bits per heavy atom. The van der Waals surface area contributed by atoms with E-state index in [-0.39, 0.29) is 18.1 Å². The molecule has 1 saturated heterocycles. The second-order valence-electron chi connectivity index (χ2n) is 7.16. The van der Waals surface area contributed by atoms with Gasteiger partial charge >= 0.3 is 6.36 Å². The maximum Gasteiger partial charge on any atom is 0.573 e. The minimum atomic E-state index is -4.79. The highest BCUT2D eigenvalue weighted by molar-refractivity contribution is 5.98. The van der Waals surface area contributed by atoms with Crippen molar-refractivity contribution in [3.05, 3.63) is 71.8 Å². The van der Waals surface area contributed by atoms with E-state index in [9.17, 15) is 23.2 Å². The lowest BCUT2D eigenvalue weighted by molar-refractivity contribution is -0.274. The molecule has 3 aromatic rings. The van der Waals surface area contributed by atoms with Gasteiger partial charge in [-0.15, -0.1) is 13.2 Å². The monoisotopic (exact) mass is 425 g/mol. The van der Waals surface area contributed by atoms with Crippen LogP contribution in [0.15, 0.2) is 60.7 Å². The summed E-state index contributed by atoms with van der Waals surface area (Å²) in [6.45, 7) is 1.13. The number of fused-ring (bicyclic) bond motifs is 1. The fourth-order valence-corrected chi connectivity index (χ4v) is 3.85. The quantitative estimate of drug-likeness (QED) is 0.602. The van der Waals surface area contributed by atoms with Crippen molar-refractivity contribution in [1.29, 1.82) is 5.26 Å². The molecule has 0 saturated carbocycles. The van der Waals surface area contributed by atoms with Gasteiger partial charge in [0.05, 0.1) is 23.7 Å². The molecular formula is C23H18F3N3O2. The van der Waals surface area contributed by atoms with Gasteiger partial charge in [-0.2, -0.15) is 5.26 Å². The van der Waals surface area contributed by atoms with Crippen molar-refractivity contribution in [2.45, 2.75) is 19.2 Å². The molecule has 31 heavy (non-hydrogen) atoms. The van der Waals surface area contributed by atoms with E-state index < -0.39 is 6.36 Å². The fraction of sp³-hybridized carbons (Fsp3) is 0.217. The van der Waals surface area contributed by atoms with E-state index in [0.717, 1.165) is 22.9 Å². The Balaban J connectivity index is 1.59. The molecule has 4 rings (SSSR count). The van der Waals surface area contributed by atoms with Crippen LogP contribution in [0, 0.1) is 11.3 Å². The molecule has 158 valence electrons. The molecule has 1 fully saturated rings. The van der Waals surface area contributed by atoms with E-state index in [1.165, 1.54) is 18.2 Å². The Kier molecular flexibility index (Phi) is 5.42. The van der Waals surface area contributed by atoms with Crippen LogP contribution in [0.4, 0.5) is 18.9 Å². The Morgan fingerprint density at radius 2 is 1.81 bits per heavy atom. The van der Waals surface area contributed by atoms with Crippen LogP contribution >= 0.6 is 0 Å². The van der Waals surface area contributed by atoms with E-state index in [1.807, 2.05) is 35.3 Å². The first kappa shape index (κ1) is 20.5. The van der Waals surface area contributed by atoms with Crippen molar-refractivity contribution in [2.75, 3.05) is 18.1 Å². The second kappa shape index (κ2) is 8.19. The molecule has 0 radical (unpaired) electrons. The Labute approximate surface area is 176 Å².